The van der Waals surface area contributed by atoms with Crippen molar-refractivity contribution in [3.8, 4) is 11.3 Å². The summed E-state index contributed by atoms with van der Waals surface area (Å²) in [6.45, 7) is 3.85. The first-order valence-electron chi connectivity index (χ1n) is 5.18. The lowest BCUT2D eigenvalue weighted by Crippen LogP contribution is -1.88. The van der Waals surface area contributed by atoms with Gasteiger partial charge in [0.05, 0.1) is 5.69 Å². The largest absolute Gasteiger partial charge is 0.275 e. The third-order valence-electron chi connectivity index (χ3n) is 2.43. The van der Waals surface area contributed by atoms with E-state index in [0.717, 1.165) is 18.5 Å². The van der Waals surface area contributed by atoms with Crippen LogP contribution in [0.2, 0.25) is 0 Å². The van der Waals surface area contributed by atoms with Gasteiger partial charge in [-0.2, -0.15) is 5.10 Å². The van der Waals surface area contributed by atoms with Gasteiger partial charge in [0.2, 0.25) is 0 Å². The summed E-state index contributed by atoms with van der Waals surface area (Å²) in [7, 11) is 1.93. The van der Waals surface area contributed by atoms with Gasteiger partial charge in [-0.25, -0.2) is 0 Å². The van der Waals surface area contributed by atoms with E-state index in [-0.39, 0.29) is 0 Å². The number of benzene rings is 1. The van der Waals surface area contributed by atoms with Crippen LogP contribution in [0.5, 0.6) is 0 Å². The molecule has 15 heavy (non-hydrogen) atoms. The van der Waals surface area contributed by atoms with Gasteiger partial charge in [0.15, 0.2) is 0 Å². The first-order valence-corrected chi connectivity index (χ1v) is 5.18. The summed E-state index contributed by atoms with van der Waals surface area (Å²) >= 11 is 0. The zero-order chi connectivity index (χ0) is 10.7. The quantitative estimate of drug-likeness (QED) is 0.743. The van der Waals surface area contributed by atoms with E-state index in [9.17, 15) is 0 Å². The zero-order valence-electron chi connectivity index (χ0n) is 8.98. The molecule has 0 aliphatic heterocycles. The van der Waals surface area contributed by atoms with Gasteiger partial charge >= 0.3 is 0 Å². The second kappa shape index (κ2) is 4.30. The molecule has 0 saturated carbocycles. The Morgan fingerprint density at radius 1 is 1.20 bits per heavy atom. The summed E-state index contributed by atoms with van der Waals surface area (Å²) in [6, 6.07) is 10.6. The molecule has 0 N–H and O–H groups in total. The highest BCUT2D eigenvalue weighted by Gasteiger charge is 2.00. The van der Waals surface area contributed by atoms with Crippen LogP contribution in [-0.2, 0) is 13.5 Å². The maximum absolute atomic E-state index is 4.36. The smallest absolute Gasteiger partial charge is 0.0923 e. The third-order valence-corrected chi connectivity index (χ3v) is 2.43. The van der Waals surface area contributed by atoms with E-state index in [2.05, 4.69) is 36.3 Å². The average Bonchev–Trinajstić information content (AvgIpc) is 2.67. The normalized spacial score (nSPS) is 10.5. The van der Waals surface area contributed by atoms with Crippen molar-refractivity contribution < 1.29 is 0 Å². The molecule has 0 atom stereocenters. The van der Waals surface area contributed by atoms with Gasteiger partial charge in [-0.05, 0) is 24.5 Å². The Bertz CT molecular complexity index is 426. The molecule has 0 aliphatic rings. The van der Waals surface area contributed by atoms with Gasteiger partial charge in [-0.3, -0.25) is 4.68 Å². The molecule has 2 nitrogen and oxygen atoms in total. The Morgan fingerprint density at radius 3 is 2.47 bits per heavy atom. The maximum Gasteiger partial charge on any atom is 0.0923 e. The van der Waals surface area contributed by atoms with E-state index in [1.54, 1.807) is 0 Å². The van der Waals surface area contributed by atoms with Crippen LogP contribution < -0.4 is 0 Å². The van der Waals surface area contributed by atoms with Gasteiger partial charge < -0.3 is 0 Å². The highest BCUT2D eigenvalue weighted by atomic mass is 15.2. The van der Waals surface area contributed by atoms with E-state index < -0.39 is 0 Å². The van der Waals surface area contributed by atoms with Crippen molar-refractivity contribution >= 4 is 0 Å². The molecule has 0 bridgehead atoms. The number of nitrogens with zero attached hydrogens (tertiary/aromatic N) is 2. The molecule has 0 spiro atoms. The van der Waals surface area contributed by atoms with Gasteiger partial charge in [0.1, 0.15) is 0 Å². The van der Waals surface area contributed by atoms with Crippen molar-refractivity contribution in [3.05, 3.63) is 49.0 Å². The summed E-state index contributed by atoms with van der Waals surface area (Å²) in [5.74, 6) is 0. The Morgan fingerprint density at radius 2 is 1.93 bits per heavy atom. The SMILES string of the molecule is [CH2]CCc1ccc(-c2ccn(C)n2)cc1. The van der Waals surface area contributed by atoms with Crippen LogP contribution >= 0.6 is 0 Å². The Labute approximate surface area is 90.6 Å². The second-order valence-electron chi connectivity index (χ2n) is 3.68. The summed E-state index contributed by atoms with van der Waals surface area (Å²) in [6.07, 6.45) is 3.95. The Kier molecular flexibility index (Phi) is 2.86. The molecule has 1 aromatic heterocycles. The molecule has 2 rings (SSSR count). The van der Waals surface area contributed by atoms with Crippen LogP contribution in [-0.4, -0.2) is 9.78 Å². The summed E-state index contributed by atoms with van der Waals surface area (Å²) in [4.78, 5) is 0. The Balaban J connectivity index is 2.23. The molecular formula is C13H15N2. The lowest BCUT2D eigenvalue weighted by molar-refractivity contribution is 0.771. The zero-order valence-corrected chi connectivity index (χ0v) is 8.98. The van der Waals surface area contributed by atoms with Crippen LogP contribution in [0.3, 0.4) is 0 Å². The fraction of sp³-hybridized carbons (Fsp3) is 0.231. The lowest BCUT2D eigenvalue weighted by Gasteiger charge is -2.00. The van der Waals surface area contributed by atoms with Gasteiger partial charge in [-0.15, -0.1) is 0 Å². The van der Waals surface area contributed by atoms with Crippen molar-refractivity contribution in [1.82, 2.24) is 9.78 Å². The van der Waals surface area contributed by atoms with Crippen LogP contribution in [0.15, 0.2) is 36.5 Å². The van der Waals surface area contributed by atoms with E-state index in [1.165, 1.54) is 11.1 Å². The minimum absolute atomic E-state index is 0.947. The van der Waals surface area contributed by atoms with Crippen molar-refractivity contribution in [1.29, 1.82) is 0 Å². The number of rotatable bonds is 3. The van der Waals surface area contributed by atoms with Crippen LogP contribution in [0.4, 0.5) is 0 Å². The number of aromatic nitrogens is 2. The molecular weight excluding hydrogens is 184 g/mol. The van der Waals surface area contributed by atoms with E-state index in [0.29, 0.717) is 0 Å². The predicted octanol–water partition coefficient (Wildman–Crippen LogP) is 2.85. The summed E-state index contributed by atoms with van der Waals surface area (Å²) in [5, 5.41) is 4.36. The lowest BCUT2D eigenvalue weighted by atomic mass is 10.1. The molecule has 2 heteroatoms. The Hall–Kier alpha value is -1.57. The minimum Gasteiger partial charge on any atom is -0.275 e. The molecule has 77 valence electrons. The minimum atomic E-state index is 0.947. The van der Waals surface area contributed by atoms with E-state index >= 15 is 0 Å². The molecule has 0 fully saturated rings. The average molecular weight is 199 g/mol. The summed E-state index contributed by atoms with van der Waals surface area (Å²) in [5.41, 5.74) is 3.53. The molecule has 1 radical (unpaired) electrons. The van der Waals surface area contributed by atoms with Crippen molar-refractivity contribution in [2.24, 2.45) is 7.05 Å². The monoisotopic (exact) mass is 199 g/mol. The number of hydrogen-bond donors (Lipinski definition) is 0. The highest BCUT2D eigenvalue weighted by Crippen LogP contribution is 2.17. The number of aryl methyl sites for hydroxylation is 2. The van der Waals surface area contributed by atoms with Crippen LogP contribution in [0, 0.1) is 6.92 Å². The molecule has 2 aromatic rings. The van der Waals surface area contributed by atoms with E-state index in [1.807, 2.05) is 24.0 Å². The number of hydrogen-bond acceptors (Lipinski definition) is 1. The van der Waals surface area contributed by atoms with Crippen LogP contribution in [0.1, 0.15) is 12.0 Å². The van der Waals surface area contributed by atoms with Gasteiger partial charge in [-0.1, -0.05) is 31.2 Å². The predicted molar refractivity (Wildman–Crippen MR) is 62.3 cm³/mol. The molecule has 0 amide bonds. The first-order chi connectivity index (χ1) is 7.29. The molecule has 1 heterocycles. The maximum atomic E-state index is 4.36. The fourth-order valence-electron chi connectivity index (χ4n) is 1.62. The van der Waals surface area contributed by atoms with Crippen LogP contribution in [0.25, 0.3) is 11.3 Å². The molecule has 1 aromatic carbocycles. The van der Waals surface area contributed by atoms with Gasteiger partial charge in [0, 0.05) is 18.8 Å². The molecule has 0 saturated heterocycles. The standard InChI is InChI=1S/C13H15N2/c1-3-4-11-5-7-12(8-6-11)13-9-10-15(2)14-13/h5-10H,1,3-4H2,2H3. The highest BCUT2D eigenvalue weighted by molar-refractivity contribution is 5.58. The van der Waals surface area contributed by atoms with Crippen molar-refractivity contribution in [2.45, 2.75) is 12.8 Å². The third kappa shape index (κ3) is 2.27. The summed E-state index contributed by atoms with van der Waals surface area (Å²) < 4.78 is 1.82. The topological polar surface area (TPSA) is 17.8 Å². The fourth-order valence-corrected chi connectivity index (χ4v) is 1.62. The van der Waals surface area contributed by atoms with E-state index in [4.69, 9.17) is 0 Å². The molecule has 0 unspecified atom stereocenters. The van der Waals surface area contributed by atoms with Gasteiger partial charge in [0.25, 0.3) is 0 Å². The first kappa shape index (κ1) is 9.97. The second-order valence-corrected chi connectivity index (χ2v) is 3.68. The van der Waals surface area contributed by atoms with Crippen molar-refractivity contribution in [2.75, 3.05) is 0 Å². The van der Waals surface area contributed by atoms with Crippen molar-refractivity contribution in [3.63, 3.8) is 0 Å². The molecule has 0 aliphatic carbocycles.